The Bertz CT molecular complexity index is 515. The maximum Gasteiger partial charge on any atom is 0.296 e. The molecule has 0 aliphatic carbocycles. The third kappa shape index (κ3) is 3.68. The van der Waals surface area contributed by atoms with Gasteiger partial charge in [-0.05, 0) is 33.1 Å². The predicted molar refractivity (Wildman–Crippen MR) is 71.2 cm³/mol. The maximum absolute atomic E-state index is 11.5. The van der Waals surface area contributed by atoms with Gasteiger partial charge in [0.1, 0.15) is 5.82 Å². The molecule has 1 aromatic heterocycles. The fraction of sp³-hybridized carbons (Fsp3) is 0.818. The molecule has 0 saturated carbocycles. The summed E-state index contributed by atoms with van der Waals surface area (Å²) in [6.45, 7) is 9.93. The molecule has 0 amide bonds. The number of aryl methyl sites for hydroxylation is 1. The fourth-order valence-corrected chi connectivity index (χ4v) is 2.75. The SMILES string of the molecule is CC(C)CCc1nnc(S(=O)(=O)Cl)n1C(C)(C)C. The molecule has 0 atom stereocenters. The third-order valence-corrected chi connectivity index (χ3v) is 3.65. The lowest BCUT2D eigenvalue weighted by molar-refractivity contribution is 0.347. The highest BCUT2D eigenvalue weighted by molar-refractivity contribution is 8.13. The Morgan fingerprint density at radius 3 is 2.22 bits per heavy atom. The van der Waals surface area contributed by atoms with E-state index in [9.17, 15) is 8.42 Å². The van der Waals surface area contributed by atoms with Crippen LogP contribution >= 0.6 is 10.7 Å². The van der Waals surface area contributed by atoms with Gasteiger partial charge in [0.15, 0.2) is 0 Å². The Labute approximate surface area is 113 Å². The largest absolute Gasteiger partial charge is 0.296 e. The molecule has 0 aromatic carbocycles. The molecule has 0 fully saturated rings. The second-order valence-electron chi connectivity index (χ2n) is 5.78. The lowest BCUT2D eigenvalue weighted by atomic mass is 10.1. The molecule has 0 radical (unpaired) electrons. The number of hydrogen-bond donors (Lipinski definition) is 0. The zero-order valence-corrected chi connectivity index (χ0v) is 13.0. The summed E-state index contributed by atoms with van der Waals surface area (Å²) >= 11 is 0. The van der Waals surface area contributed by atoms with Gasteiger partial charge in [-0.3, -0.25) is 4.57 Å². The van der Waals surface area contributed by atoms with Crippen LogP contribution in [0.25, 0.3) is 0 Å². The molecule has 1 heterocycles. The van der Waals surface area contributed by atoms with E-state index in [-0.39, 0.29) is 5.16 Å². The Morgan fingerprint density at radius 2 is 1.83 bits per heavy atom. The van der Waals surface area contributed by atoms with Crippen LogP contribution in [-0.4, -0.2) is 23.2 Å². The van der Waals surface area contributed by atoms with Gasteiger partial charge in [0.25, 0.3) is 14.2 Å². The molecule has 0 bridgehead atoms. The first-order valence-electron chi connectivity index (χ1n) is 5.93. The molecule has 1 rings (SSSR count). The number of halogens is 1. The predicted octanol–water partition coefficient (Wildman–Crippen LogP) is 2.55. The van der Waals surface area contributed by atoms with Crippen LogP contribution in [0.2, 0.25) is 0 Å². The molecule has 0 aliphatic heterocycles. The fourth-order valence-electron chi connectivity index (χ4n) is 1.71. The number of rotatable bonds is 4. The Balaban J connectivity index is 3.26. The molecular weight excluding hydrogens is 274 g/mol. The summed E-state index contributed by atoms with van der Waals surface area (Å²) in [4.78, 5) is 0. The molecule has 0 saturated heterocycles. The van der Waals surface area contributed by atoms with Crippen molar-refractivity contribution in [3.05, 3.63) is 5.82 Å². The van der Waals surface area contributed by atoms with E-state index in [0.717, 1.165) is 6.42 Å². The van der Waals surface area contributed by atoms with Crippen molar-refractivity contribution in [3.63, 3.8) is 0 Å². The Morgan fingerprint density at radius 1 is 1.28 bits per heavy atom. The van der Waals surface area contributed by atoms with E-state index >= 15 is 0 Å². The van der Waals surface area contributed by atoms with Crippen LogP contribution < -0.4 is 0 Å². The minimum atomic E-state index is -3.87. The van der Waals surface area contributed by atoms with Crippen molar-refractivity contribution in [2.75, 3.05) is 0 Å². The van der Waals surface area contributed by atoms with Crippen LogP contribution in [0.5, 0.6) is 0 Å². The van der Waals surface area contributed by atoms with Gasteiger partial charge in [-0.15, -0.1) is 10.2 Å². The molecule has 0 aliphatic rings. The lowest BCUT2D eigenvalue weighted by Gasteiger charge is -2.24. The highest BCUT2D eigenvalue weighted by Crippen LogP contribution is 2.24. The second kappa shape index (κ2) is 5.17. The average Bonchev–Trinajstić information content (AvgIpc) is 2.56. The number of aromatic nitrogens is 3. The monoisotopic (exact) mass is 293 g/mol. The lowest BCUT2D eigenvalue weighted by Crippen LogP contribution is -2.27. The summed E-state index contributed by atoms with van der Waals surface area (Å²) in [7, 11) is 1.52. The van der Waals surface area contributed by atoms with Gasteiger partial charge < -0.3 is 0 Å². The third-order valence-electron chi connectivity index (χ3n) is 2.53. The summed E-state index contributed by atoms with van der Waals surface area (Å²) in [5.41, 5.74) is -0.424. The smallest absolute Gasteiger partial charge is 0.295 e. The van der Waals surface area contributed by atoms with Crippen molar-refractivity contribution in [1.82, 2.24) is 14.8 Å². The summed E-state index contributed by atoms with van der Waals surface area (Å²) in [6, 6.07) is 0. The molecule has 0 spiro atoms. The van der Waals surface area contributed by atoms with Gasteiger partial charge in [0.2, 0.25) is 0 Å². The van der Waals surface area contributed by atoms with Crippen LogP contribution in [0.1, 0.15) is 46.9 Å². The van der Waals surface area contributed by atoms with Crippen LogP contribution in [0.3, 0.4) is 0 Å². The molecule has 18 heavy (non-hydrogen) atoms. The van der Waals surface area contributed by atoms with E-state index in [1.54, 1.807) is 4.57 Å². The normalized spacial score (nSPS) is 13.3. The summed E-state index contributed by atoms with van der Waals surface area (Å²) in [6.07, 6.45) is 1.62. The molecular formula is C11H20ClN3O2S. The van der Waals surface area contributed by atoms with Crippen LogP contribution in [0, 0.1) is 5.92 Å². The van der Waals surface area contributed by atoms with Crippen molar-refractivity contribution >= 4 is 19.7 Å². The first-order valence-corrected chi connectivity index (χ1v) is 8.24. The minimum absolute atomic E-state index is 0.171. The van der Waals surface area contributed by atoms with Crippen LogP contribution in [0.4, 0.5) is 0 Å². The molecule has 0 N–H and O–H groups in total. The van der Waals surface area contributed by atoms with E-state index in [1.807, 2.05) is 20.8 Å². The molecule has 7 heteroatoms. The van der Waals surface area contributed by atoms with Crippen molar-refractivity contribution in [3.8, 4) is 0 Å². The standard InChI is InChI=1S/C11H20ClN3O2S/c1-8(2)6-7-9-13-14-10(18(12,16)17)15(9)11(3,4)5/h8H,6-7H2,1-5H3. The van der Waals surface area contributed by atoms with Crippen molar-refractivity contribution < 1.29 is 8.42 Å². The number of hydrogen-bond acceptors (Lipinski definition) is 4. The Kier molecular flexibility index (Phi) is 4.43. The van der Waals surface area contributed by atoms with Crippen molar-refractivity contribution in [2.24, 2.45) is 5.92 Å². The maximum atomic E-state index is 11.5. The molecule has 5 nitrogen and oxygen atoms in total. The van der Waals surface area contributed by atoms with Gasteiger partial charge in [-0.1, -0.05) is 13.8 Å². The first kappa shape index (κ1) is 15.4. The zero-order valence-electron chi connectivity index (χ0n) is 11.4. The van der Waals surface area contributed by atoms with Gasteiger partial charge in [0, 0.05) is 22.6 Å². The van der Waals surface area contributed by atoms with Gasteiger partial charge >= 0.3 is 0 Å². The summed E-state index contributed by atoms with van der Waals surface area (Å²) < 4.78 is 24.6. The van der Waals surface area contributed by atoms with Crippen LogP contribution in [-0.2, 0) is 21.0 Å². The van der Waals surface area contributed by atoms with Crippen molar-refractivity contribution in [2.45, 2.75) is 58.2 Å². The van der Waals surface area contributed by atoms with Gasteiger partial charge in [-0.2, -0.15) is 0 Å². The average molecular weight is 294 g/mol. The summed E-state index contributed by atoms with van der Waals surface area (Å²) in [5.74, 6) is 1.18. The number of nitrogens with zero attached hydrogens (tertiary/aromatic N) is 3. The highest BCUT2D eigenvalue weighted by Gasteiger charge is 2.29. The van der Waals surface area contributed by atoms with E-state index in [1.165, 1.54) is 0 Å². The van der Waals surface area contributed by atoms with Gasteiger partial charge in [0.05, 0.1) is 0 Å². The topological polar surface area (TPSA) is 64.8 Å². The first-order chi connectivity index (χ1) is 8.03. The minimum Gasteiger partial charge on any atom is -0.295 e. The van der Waals surface area contributed by atoms with E-state index in [0.29, 0.717) is 18.2 Å². The molecule has 1 aromatic rings. The van der Waals surface area contributed by atoms with Crippen LogP contribution in [0.15, 0.2) is 5.16 Å². The van der Waals surface area contributed by atoms with Gasteiger partial charge in [-0.25, -0.2) is 8.42 Å². The highest BCUT2D eigenvalue weighted by atomic mass is 35.7. The van der Waals surface area contributed by atoms with E-state index < -0.39 is 14.6 Å². The Hall–Kier alpha value is -0.620. The zero-order chi connectivity index (χ0) is 14.1. The molecule has 0 unspecified atom stereocenters. The molecule has 104 valence electrons. The second-order valence-corrected chi connectivity index (χ2v) is 8.24. The van der Waals surface area contributed by atoms with E-state index in [4.69, 9.17) is 10.7 Å². The van der Waals surface area contributed by atoms with E-state index in [2.05, 4.69) is 24.0 Å². The summed E-state index contributed by atoms with van der Waals surface area (Å²) in [5, 5.41) is 7.52. The van der Waals surface area contributed by atoms with Crippen molar-refractivity contribution in [1.29, 1.82) is 0 Å². The quantitative estimate of drug-likeness (QED) is 0.800.